The van der Waals surface area contributed by atoms with Crippen molar-refractivity contribution in [3.8, 4) is 0 Å². The zero-order valence-electron chi connectivity index (χ0n) is 10.5. The summed E-state index contributed by atoms with van der Waals surface area (Å²) in [7, 11) is -6.93. The fourth-order valence-corrected chi connectivity index (χ4v) is 4.20. The number of sulfonamides is 2. The van der Waals surface area contributed by atoms with Crippen LogP contribution in [0.3, 0.4) is 0 Å². The molecule has 0 aliphatic rings. The van der Waals surface area contributed by atoms with Crippen molar-refractivity contribution in [1.29, 1.82) is 0 Å². The molecule has 21 heavy (non-hydrogen) atoms. The average molecular weight is 373 g/mol. The summed E-state index contributed by atoms with van der Waals surface area (Å²) in [4.78, 5) is 20.6. The molecule has 0 radical (unpaired) electrons. The molecular formula is C9H10ClN2O6PS2. The molecule has 116 valence electrons. The molecule has 2 amide bonds. The van der Waals surface area contributed by atoms with Gasteiger partial charge in [-0.25, -0.2) is 26.3 Å². The number of carbonyl (C=O) groups is 2. The molecule has 0 aliphatic carbocycles. The van der Waals surface area contributed by atoms with Gasteiger partial charge in [-0.2, -0.15) is 0 Å². The molecule has 1 aromatic rings. The number of hydrogen-bond donors (Lipinski definition) is 2. The standard InChI is InChI=1S/C9H10ClN2O6PS2/c1-5(13)11-20(15,16)7-2-6(10)3-8(4-7)21(17,18)12-9(14)19/h2-4H,19H2,1H3,(H,11,13)(H,12,14). The van der Waals surface area contributed by atoms with E-state index in [2.05, 4.69) is 0 Å². The van der Waals surface area contributed by atoms with Gasteiger partial charge in [-0.3, -0.25) is 9.59 Å². The third-order valence-electron chi connectivity index (χ3n) is 1.98. The van der Waals surface area contributed by atoms with Gasteiger partial charge in [-0.1, -0.05) is 11.6 Å². The van der Waals surface area contributed by atoms with Gasteiger partial charge in [0.2, 0.25) is 11.6 Å². The summed E-state index contributed by atoms with van der Waals surface area (Å²) >= 11 is 5.68. The second-order valence-electron chi connectivity index (χ2n) is 3.75. The molecule has 12 heteroatoms. The van der Waals surface area contributed by atoms with E-state index in [0.717, 1.165) is 25.1 Å². The Labute approximate surface area is 128 Å². The first kappa shape index (κ1) is 17.8. The largest absolute Gasteiger partial charge is 0.274 e. The van der Waals surface area contributed by atoms with Gasteiger partial charge < -0.3 is 0 Å². The summed E-state index contributed by atoms with van der Waals surface area (Å²) in [6.45, 7) is 0.980. The maximum Gasteiger partial charge on any atom is 0.264 e. The monoisotopic (exact) mass is 372 g/mol. The van der Waals surface area contributed by atoms with Crippen LogP contribution in [-0.4, -0.2) is 28.4 Å². The Morgan fingerprint density at radius 1 is 1.00 bits per heavy atom. The lowest BCUT2D eigenvalue weighted by molar-refractivity contribution is -0.117. The van der Waals surface area contributed by atoms with Crippen LogP contribution in [-0.2, 0) is 24.8 Å². The molecule has 0 saturated heterocycles. The first-order valence-corrected chi connectivity index (χ1v) is 9.02. The van der Waals surface area contributed by atoms with E-state index in [-0.39, 0.29) is 5.02 Å². The van der Waals surface area contributed by atoms with Crippen LogP contribution in [0.2, 0.25) is 5.02 Å². The number of carbonyl (C=O) groups excluding carboxylic acids is 2. The average Bonchev–Trinajstić information content (AvgIpc) is 2.24. The molecule has 0 heterocycles. The molecule has 1 aromatic carbocycles. The first-order chi connectivity index (χ1) is 9.44. The summed E-state index contributed by atoms with van der Waals surface area (Å²) in [5, 5.41) is -0.196. The second-order valence-corrected chi connectivity index (χ2v) is 8.08. The van der Waals surface area contributed by atoms with Crippen LogP contribution in [0.4, 0.5) is 4.79 Å². The number of rotatable bonds is 4. The van der Waals surface area contributed by atoms with Gasteiger partial charge in [0.1, 0.15) is 0 Å². The van der Waals surface area contributed by atoms with Crippen molar-refractivity contribution in [2.75, 3.05) is 0 Å². The SMILES string of the molecule is CC(=O)NS(=O)(=O)c1cc(Cl)cc(S(=O)(=O)NC(=O)P)c1. The highest BCUT2D eigenvalue weighted by Gasteiger charge is 2.22. The normalized spacial score (nSPS) is 11.8. The van der Waals surface area contributed by atoms with Crippen molar-refractivity contribution >= 4 is 52.4 Å². The number of nitrogens with one attached hydrogen (secondary N) is 2. The molecule has 8 nitrogen and oxygen atoms in total. The Bertz CT molecular complexity index is 741. The Morgan fingerprint density at radius 2 is 1.43 bits per heavy atom. The molecule has 1 unspecified atom stereocenters. The van der Waals surface area contributed by atoms with Crippen LogP contribution in [0.1, 0.15) is 6.92 Å². The zero-order valence-corrected chi connectivity index (χ0v) is 14.0. The van der Waals surface area contributed by atoms with Gasteiger partial charge in [-0.05, 0) is 27.4 Å². The van der Waals surface area contributed by atoms with Crippen LogP contribution >= 0.6 is 20.8 Å². The third kappa shape index (κ3) is 4.92. The van der Waals surface area contributed by atoms with Crippen molar-refractivity contribution in [1.82, 2.24) is 9.44 Å². The highest BCUT2D eigenvalue weighted by molar-refractivity contribution is 7.91. The molecule has 0 saturated carbocycles. The van der Waals surface area contributed by atoms with Crippen LogP contribution in [0.25, 0.3) is 0 Å². The minimum Gasteiger partial charge on any atom is -0.274 e. The van der Waals surface area contributed by atoms with Crippen LogP contribution in [0.15, 0.2) is 28.0 Å². The molecule has 0 aromatic heterocycles. The lowest BCUT2D eigenvalue weighted by Gasteiger charge is -2.09. The number of halogens is 1. The molecular weight excluding hydrogens is 363 g/mol. The van der Waals surface area contributed by atoms with Crippen molar-refractivity contribution in [2.24, 2.45) is 0 Å². The van der Waals surface area contributed by atoms with Crippen LogP contribution in [0, 0.1) is 0 Å². The van der Waals surface area contributed by atoms with Crippen LogP contribution in [0.5, 0.6) is 0 Å². The van der Waals surface area contributed by atoms with Gasteiger partial charge in [0.15, 0.2) is 0 Å². The van der Waals surface area contributed by atoms with Crippen molar-refractivity contribution in [2.45, 2.75) is 16.7 Å². The molecule has 0 bridgehead atoms. The van der Waals surface area contributed by atoms with Gasteiger partial charge in [-0.15, -0.1) is 0 Å². The molecule has 1 atom stereocenters. The van der Waals surface area contributed by atoms with E-state index in [1.165, 1.54) is 0 Å². The number of benzene rings is 1. The van der Waals surface area contributed by atoms with Crippen molar-refractivity contribution < 1.29 is 26.4 Å². The van der Waals surface area contributed by atoms with Gasteiger partial charge in [0.05, 0.1) is 9.79 Å². The Hall–Kier alpha value is -1.22. The highest BCUT2D eigenvalue weighted by atomic mass is 35.5. The smallest absolute Gasteiger partial charge is 0.264 e. The molecule has 0 spiro atoms. The van der Waals surface area contributed by atoms with E-state index < -0.39 is 41.4 Å². The topological polar surface area (TPSA) is 126 Å². The van der Waals surface area contributed by atoms with Crippen molar-refractivity contribution in [3.63, 3.8) is 0 Å². The van der Waals surface area contributed by atoms with E-state index in [4.69, 9.17) is 11.6 Å². The van der Waals surface area contributed by atoms with Crippen molar-refractivity contribution in [3.05, 3.63) is 23.2 Å². The minimum atomic E-state index is -4.28. The number of amides is 2. The predicted molar refractivity (Wildman–Crippen MR) is 77.9 cm³/mol. The quantitative estimate of drug-likeness (QED) is 0.738. The van der Waals surface area contributed by atoms with Crippen LogP contribution < -0.4 is 9.44 Å². The van der Waals surface area contributed by atoms with Gasteiger partial charge >= 0.3 is 0 Å². The van der Waals surface area contributed by atoms with E-state index >= 15 is 0 Å². The Balaban J connectivity index is 3.42. The lowest BCUT2D eigenvalue weighted by atomic mass is 10.4. The summed E-state index contributed by atoms with van der Waals surface area (Å²) in [6.07, 6.45) is 0. The summed E-state index contributed by atoms with van der Waals surface area (Å²) < 4.78 is 50.6. The van der Waals surface area contributed by atoms with Gasteiger partial charge in [0.25, 0.3) is 20.0 Å². The van der Waals surface area contributed by atoms with Gasteiger partial charge in [0, 0.05) is 11.9 Å². The third-order valence-corrected chi connectivity index (χ3v) is 5.29. The van der Waals surface area contributed by atoms with E-state index in [9.17, 15) is 26.4 Å². The maximum absolute atomic E-state index is 11.8. The van der Waals surface area contributed by atoms with E-state index in [1.807, 2.05) is 0 Å². The highest BCUT2D eigenvalue weighted by Crippen LogP contribution is 2.22. The predicted octanol–water partition coefficient (Wildman–Crippen LogP) is 0.438. The Kier molecular flexibility index (Phi) is 5.32. The number of hydrogen-bond acceptors (Lipinski definition) is 6. The molecule has 0 aliphatic heterocycles. The zero-order chi connectivity index (χ0) is 16.4. The summed E-state index contributed by atoms with van der Waals surface area (Å²) in [6, 6.07) is 2.70. The fourth-order valence-electron chi connectivity index (χ4n) is 1.29. The first-order valence-electron chi connectivity index (χ1n) is 5.10. The lowest BCUT2D eigenvalue weighted by Crippen LogP contribution is -2.29. The molecule has 2 N–H and O–H groups in total. The summed E-state index contributed by atoms with van der Waals surface area (Å²) in [5.74, 6) is -0.849. The van der Waals surface area contributed by atoms with E-state index in [1.54, 1.807) is 18.7 Å². The second kappa shape index (κ2) is 6.27. The molecule has 1 rings (SSSR count). The summed E-state index contributed by atoms with van der Waals surface area (Å²) in [5.41, 5.74) is -0.929. The van der Waals surface area contributed by atoms with E-state index in [0.29, 0.717) is 0 Å². The minimum absolute atomic E-state index is 0.196. The maximum atomic E-state index is 11.8. The molecule has 0 fully saturated rings. The Morgan fingerprint density at radius 3 is 1.81 bits per heavy atom. The fraction of sp³-hybridized carbons (Fsp3) is 0.111.